The maximum atomic E-state index is 12.7. The molecule has 1 aromatic rings. The number of hydrogen-bond acceptors (Lipinski definition) is 3. The molecule has 0 saturated heterocycles. The fourth-order valence-corrected chi connectivity index (χ4v) is 3.76. The second kappa shape index (κ2) is 7.20. The number of methoxy groups -OCH3 is 1. The van der Waals surface area contributed by atoms with E-state index < -0.39 is 6.30 Å². The highest BCUT2D eigenvalue weighted by Crippen LogP contribution is 2.35. The number of aliphatic imine (C=N–C) groups is 1. The van der Waals surface area contributed by atoms with Crippen LogP contribution in [0.5, 0.6) is 5.75 Å². The van der Waals surface area contributed by atoms with Crippen molar-refractivity contribution in [2.75, 3.05) is 7.11 Å². The zero-order chi connectivity index (χ0) is 15.3. The monoisotopic (exact) mass is 317 g/mol. The van der Waals surface area contributed by atoms with Gasteiger partial charge >= 0.3 is 6.30 Å². The quantitative estimate of drug-likeness (QED) is 0.443. The van der Waals surface area contributed by atoms with Gasteiger partial charge in [0.1, 0.15) is 10.8 Å². The Balaban J connectivity index is 2.29. The van der Waals surface area contributed by atoms with Gasteiger partial charge in [0.2, 0.25) is 0 Å². The fraction of sp³-hybridized carbons (Fsp3) is 0.533. The second-order valence-electron chi connectivity index (χ2n) is 4.96. The van der Waals surface area contributed by atoms with Crippen molar-refractivity contribution in [2.45, 2.75) is 43.7 Å². The van der Waals surface area contributed by atoms with Crippen LogP contribution in [0.2, 0.25) is 0 Å². The molecule has 0 amide bonds. The topological polar surface area (TPSA) is 21.6 Å². The van der Waals surface area contributed by atoms with E-state index in [0.29, 0.717) is 11.3 Å². The molecule has 1 fully saturated rings. The first kappa shape index (κ1) is 16.2. The SMILES string of the molecule is COc1ccccc1/C(=N\C(F)(F)F)SC1CCCCC1. The van der Waals surface area contributed by atoms with Crippen molar-refractivity contribution in [3.05, 3.63) is 29.8 Å². The molecule has 0 aromatic heterocycles. The van der Waals surface area contributed by atoms with Crippen molar-refractivity contribution < 1.29 is 17.9 Å². The zero-order valence-electron chi connectivity index (χ0n) is 11.8. The summed E-state index contributed by atoms with van der Waals surface area (Å²) >= 11 is 1.23. The van der Waals surface area contributed by atoms with Gasteiger partial charge in [0.25, 0.3) is 0 Å². The van der Waals surface area contributed by atoms with Crippen molar-refractivity contribution in [2.24, 2.45) is 4.99 Å². The third-order valence-electron chi connectivity index (χ3n) is 3.40. The number of nitrogens with zero attached hydrogens (tertiary/aromatic N) is 1. The molecule has 6 heteroatoms. The third-order valence-corrected chi connectivity index (χ3v) is 4.74. The molecule has 1 aromatic carbocycles. The first-order valence-electron chi connectivity index (χ1n) is 6.96. The lowest BCUT2D eigenvalue weighted by atomic mass is 10.0. The number of rotatable bonds is 3. The van der Waals surface area contributed by atoms with Crippen molar-refractivity contribution in [3.8, 4) is 5.75 Å². The zero-order valence-corrected chi connectivity index (χ0v) is 12.6. The Bertz CT molecular complexity index is 496. The predicted octanol–water partition coefficient (Wildman–Crippen LogP) is 5.03. The van der Waals surface area contributed by atoms with E-state index in [1.807, 2.05) is 0 Å². The van der Waals surface area contributed by atoms with Gasteiger partial charge in [-0.2, -0.15) is 4.99 Å². The molecule has 116 valence electrons. The number of thioether (sulfide) groups is 1. The molecule has 21 heavy (non-hydrogen) atoms. The summed E-state index contributed by atoms with van der Waals surface area (Å²) in [5.41, 5.74) is 0.410. The Kier molecular flexibility index (Phi) is 5.56. The standard InChI is InChI=1S/C15H18F3NOS/c1-20-13-10-6-5-9-12(13)14(19-15(16,17)18)21-11-7-3-2-4-8-11/h5-6,9-11H,2-4,7-8H2,1H3/b19-14+. The molecule has 0 atom stereocenters. The van der Waals surface area contributed by atoms with Crippen LogP contribution in [0.1, 0.15) is 37.7 Å². The summed E-state index contributed by atoms with van der Waals surface area (Å²) in [5.74, 6) is 0.420. The first-order chi connectivity index (χ1) is 9.99. The number of para-hydroxylation sites is 1. The van der Waals surface area contributed by atoms with E-state index in [9.17, 15) is 13.2 Å². The molecular weight excluding hydrogens is 299 g/mol. The van der Waals surface area contributed by atoms with Crippen LogP contribution in [0.3, 0.4) is 0 Å². The molecule has 0 heterocycles. The molecule has 0 radical (unpaired) electrons. The van der Waals surface area contributed by atoms with E-state index in [4.69, 9.17) is 4.74 Å². The number of benzene rings is 1. The largest absolute Gasteiger partial charge is 0.504 e. The minimum absolute atomic E-state index is 0.00634. The summed E-state index contributed by atoms with van der Waals surface area (Å²) in [4.78, 5) is 2.98. The summed E-state index contributed by atoms with van der Waals surface area (Å²) in [5, 5.41) is 0.205. The van der Waals surface area contributed by atoms with Crippen molar-refractivity contribution in [1.29, 1.82) is 0 Å². The van der Waals surface area contributed by atoms with Gasteiger partial charge in [-0.1, -0.05) is 31.4 Å². The van der Waals surface area contributed by atoms with Crippen molar-refractivity contribution in [3.63, 3.8) is 0 Å². The highest BCUT2D eigenvalue weighted by molar-refractivity contribution is 8.15. The van der Waals surface area contributed by atoms with E-state index in [0.717, 1.165) is 32.1 Å². The first-order valence-corrected chi connectivity index (χ1v) is 7.84. The van der Waals surface area contributed by atoms with Crippen LogP contribution in [0.4, 0.5) is 13.2 Å². The lowest BCUT2D eigenvalue weighted by Gasteiger charge is -2.22. The molecule has 0 N–H and O–H groups in total. The van der Waals surface area contributed by atoms with Gasteiger partial charge in [0, 0.05) is 10.8 Å². The van der Waals surface area contributed by atoms with Crippen molar-refractivity contribution in [1.82, 2.24) is 0 Å². The Morgan fingerprint density at radius 1 is 1.19 bits per heavy atom. The molecule has 2 rings (SSSR count). The molecule has 0 spiro atoms. The summed E-state index contributed by atoms with van der Waals surface area (Å²) in [6, 6.07) is 6.71. The molecule has 1 saturated carbocycles. The van der Waals surface area contributed by atoms with Gasteiger partial charge in [-0.25, -0.2) is 0 Å². The average molecular weight is 317 g/mol. The molecule has 0 aliphatic heterocycles. The van der Waals surface area contributed by atoms with E-state index in [1.165, 1.54) is 18.9 Å². The molecule has 2 nitrogen and oxygen atoms in total. The van der Waals surface area contributed by atoms with Crippen LogP contribution in [0.25, 0.3) is 0 Å². The Morgan fingerprint density at radius 3 is 2.48 bits per heavy atom. The number of alkyl halides is 3. The molecule has 0 bridgehead atoms. The number of halogens is 3. The number of ether oxygens (including phenoxy) is 1. The van der Waals surface area contributed by atoms with Crippen LogP contribution >= 0.6 is 11.8 Å². The van der Waals surface area contributed by atoms with E-state index >= 15 is 0 Å². The summed E-state index contributed by atoms with van der Waals surface area (Å²) in [6.07, 6.45) is 0.620. The lowest BCUT2D eigenvalue weighted by Crippen LogP contribution is -2.15. The predicted molar refractivity (Wildman–Crippen MR) is 80.1 cm³/mol. The summed E-state index contributed by atoms with van der Waals surface area (Å²) in [7, 11) is 1.45. The number of hydrogen-bond donors (Lipinski definition) is 0. The summed E-state index contributed by atoms with van der Waals surface area (Å²) < 4.78 is 43.4. The minimum Gasteiger partial charge on any atom is -0.496 e. The minimum atomic E-state index is -4.57. The van der Waals surface area contributed by atoms with Crippen LogP contribution < -0.4 is 4.74 Å². The molecular formula is C15H18F3NOS. The van der Waals surface area contributed by atoms with E-state index in [2.05, 4.69) is 4.99 Å². The highest BCUT2D eigenvalue weighted by Gasteiger charge is 2.30. The van der Waals surface area contributed by atoms with Gasteiger partial charge in [-0.15, -0.1) is 24.9 Å². The van der Waals surface area contributed by atoms with E-state index in [-0.39, 0.29) is 10.3 Å². The maximum absolute atomic E-state index is 12.7. The fourth-order valence-electron chi connectivity index (χ4n) is 2.43. The van der Waals surface area contributed by atoms with Crippen molar-refractivity contribution >= 4 is 16.8 Å². The van der Waals surface area contributed by atoms with Crippen LogP contribution in [-0.2, 0) is 0 Å². The molecule has 1 aliphatic carbocycles. The van der Waals surface area contributed by atoms with Gasteiger partial charge in [-0.3, -0.25) is 0 Å². The normalized spacial score (nSPS) is 17.8. The lowest BCUT2D eigenvalue weighted by molar-refractivity contribution is -0.119. The van der Waals surface area contributed by atoms with Gasteiger partial charge in [0.05, 0.1) is 7.11 Å². The van der Waals surface area contributed by atoms with Crippen LogP contribution in [0, 0.1) is 0 Å². The second-order valence-corrected chi connectivity index (χ2v) is 6.25. The highest BCUT2D eigenvalue weighted by atomic mass is 32.2. The van der Waals surface area contributed by atoms with Gasteiger partial charge in [0.15, 0.2) is 0 Å². The Morgan fingerprint density at radius 2 is 1.86 bits per heavy atom. The molecule has 0 unspecified atom stereocenters. The van der Waals surface area contributed by atoms with Gasteiger partial charge in [-0.05, 0) is 25.0 Å². The third kappa shape index (κ3) is 4.95. The van der Waals surface area contributed by atoms with E-state index in [1.54, 1.807) is 24.3 Å². The maximum Gasteiger partial charge on any atom is 0.504 e. The van der Waals surface area contributed by atoms with Gasteiger partial charge < -0.3 is 4.74 Å². The summed E-state index contributed by atoms with van der Waals surface area (Å²) in [6.45, 7) is 0. The Hall–Kier alpha value is -1.17. The van der Waals surface area contributed by atoms with Crippen LogP contribution in [-0.4, -0.2) is 23.7 Å². The Labute approximate surface area is 126 Å². The average Bonchev–Trinajstić information content (AvgIpc) is 2.46. The smallest absolute Gasteiger partial charge is 0.496 e. The van der Waals surface area contributed by atoms with Crippen LogP contribution in [0.15, 0.2) is 29.3 Å². The molecule has 1 aliphatic rings.